The Morgan fingerprint density at radius 1 is 1.64 bits per heavy atom. The van der Waals surface area contributed by atoms with E-state index in [2.05, 4.69) is 6.58 Å². The fourth-order valence-corrected chi connectivity index (χ4v) is 0.717. The van der Waals surface area contributed by atoms with Gasteiger partial charge in [0.05, 0.1) is 6.10 Å². The first-order valence-electron chi connectivity index (χ1n) is 3.69. The normalized spacial score (nSPS) is 12.9. The smallest absolute Gasteiger partial charge is 0.147 e. The van der Waals surface area contributed by atoms with Crippen LogP contribution < -0.4 is 0 Å². The van der Waals surface area contributed by atoms with E-state index in [-0.39, 0.29) is 19.5 Å². The van der Waals surface area contributed by atoms with Gasteiger partial charge in [0.1, 0.15) is 6.79 Å². The van der Waals surface area contributed by atoms with Crippen LogP contribution in [0.25, 0.3) is 0 Å². The van der Waals surface area contributed by atoms with Crippen LogP contribution in [0.2, 0.25) is 0 Å². The molecule has 3 nitrogen and oxygen atoms in total. The van der Waals surface area contributed by atoms with Crippen molar-refractivity contribution < 1.29 is 14.6 Å². The third kappa shape index (κ3) is 6.04. The molecule has 0 amide bonds. The summed E-state index contributed by atoms with van der Waals surface area (Å²) in [6, 6.07) is 0. The molecule has 0 aliphatic carbocycles. The second kappa shape index (κ2) is 7.72. The molecule has 0 saturated carbocycles. The zero-order valence-corrected chi connectivity index (χ0v) is 6.95. The van der Waals surface area contributed by atoms with Crippen molar-refractivity contribution in [3.63, 3.8) is 0 Å². The number of hydrogen-bond acceptors (Lipinski definition) is 3. The van der Waals surface area contributed by atoms with Crippen LogP contribution in [-0.2, 0) is 9.47 Å². The first-order valence-corrected chi connectivity index (χ1v) is 3.69. The maximum Gasteiger partial charge on any atom is 0.147 e. The number of ether oxygens (including phenoxy) is 2. The average Bonchev–Trinajstić information content (AvgIpc) is 2.05. The van der Waals surface area contributed by atoms with Crippen LogP contribution >= 0.6 is 0 Å². The number of aliphatic hydroxyl groups is 1. The molecule has 0 radical (unpaired) electrons. The predicted molar refractivity (Wildman–Crippen MR) is 43.3 cm³/mol. The highest BCUT2D eigenvalue weighted by Crippen LogP contribution is 2.02. The molecular weight excluding hydrogens is 144 g/mol. The molecule has 0 rings (SSSR count). The summed E-state index contributed by atoms with van der Waals surface area (Å²) in [6.07, 6.45) is 3.25. The molecule has 0 unspecified atom stereocenters. The van der Waals surface area contributed by atoms with Crippen LogP contribution in [0.1, 0.15) is 12.8 Å². The summed E-state index contributed by atoms with van der Waals surface area (Å²) in [4.78, 5) is 0. The molecule has 0 spiro atoms. The van der Waals surface area contributed by atoms with E-state index in [1.165, 1.54) is 0 Å². The Hall–Kier alpha value is -0.380. The van der Waals surface area contributed by atoms with E-state index >= 15 is 0 Å². The van der Waals surface area contributed by atoms with Gasteiger partial charge in [-0.1, -0.05) is 6.08 Å². The third-order valence-corrected chi connectivity index (χ3v) is 1.31. The van der Waals surface area contributed by atoms with Gasteiger partial charge >= 0.3 is 0 Å². The lowest BCUT2D eigenvalue weighted by Gasteiger charge is -2.11. The fraction of sp³-hybridized carbons (Fsp3) is 0.750. The van der Waals surface area contributed by atoms with Crippen molar-refractivity contribution in [2.24, 2.45) is 0 Å². The van der Waals surface area contributed by atoms with Crippen LogP contribution in [0.4, 0.5) is 0 Å². The van der Waals surface area contributed by atoms with Gasteiger partial charge in [0.2, 0.25) is 0 Å². The van der Waals surface area contributed by atoms with E-state index in [4.69, 9.17) is 14.6 Å². The van der Waals surface area contributed by atoms with E-state index < -0.39 is 0 Å². The average molecular weight is 160 g/mol. The largest absolute Gasteiger partial charge is 0.396 e. The lowest BCUT2D eigenvalue weighted by Crippen LogP contribution is -2.11. The van der Waals surface area contributed by atoms with Gasteiger partial charge in [-0.15, -0.1) is 6.58 Å². The van der Waals surface area contributed by atoms with Gasteiger partial charge in [-0.2, -0.15) is 0 Å². The molecule has 0 heterocycles. The minimum atomic E-state index is 0.00194. The second-order valence-electron chi connectivity index (χ2n) is 2.21. The molecule has 66 valence electrons. The zero-order chi connectivity index (χ0) is 8.53. The summed E-state index contributed by atoms with van der Waals surface area (Å²) >= 11 is 0. The summed E-state index contributed by atoms with van der Waals surface area (Å²) in [5.74, 6) is 0. The van der Waals surface area contributed by atoms with Crippen LogP contribution in [0.3, 0.4) is 0 Å². The summed E-state index contributed by atoms with van der Waals surface area (Å²) in [5.41, 5.74) is 0. The van der Waals surface area contributed by atoms with E-state index in [1.807, 2.05) is 0 Å². The lowest BCUT2D eigenvalue weighted by molar-refractivity contribution is -0.0585. The van der Waals surface area contributed by atoms with Crippen LogP contribution in [0.5, 0.6) is 0 Å². The molecule has 0 aromatic heterocycles. The minimum absolute atomic E-state index is 0.00194. The molecule has 0 aromatic rings. The first kappa shape index (κ1) is 10.6. The monoisotopic (exact) mass is 160 g/mol. The molecule has 0 bridgehead atoms. The maximum atomic E-state index is 8.51. The van der Waals surface area contributed by atoms with Crippen LogP contribution in [-0.4, -0.2) is 31.7 Å². The molecule has 1 N–H and O–H groups in total. The van der Waals surface area contributed by atoms with E-state index in [9.17, 15) is 0 Å². The second-order valence-corrected chi connectivity index (χ2v) is 2.21. The molecule has 0 aromatic carbocycles. The Morgan fingerprint density at radius 3 is 2.82 bits per heavy atom. The molecule has 3 heteroatoms. The Balaban J connectivity index is 3.33. The summed E-state index contributed by atoms with van der Waals surface area (Å²) in [7, 11) is 1.58. The van der Waals surface area contributed by atoms with Crippen LogP contribution in [0.15, 0.2) is 12.7 Å². The lowest BCUT2D eigenvalue weighted by atomic mass is 10.2. The molecule has 0 fully saturated rings. The first-order chi connectivity index (χ1) is 5.35. The zero-order valence-electron chi connectivity index (χ0n) is 6.95. The van der Waals surface area contributed by atoms with E-state index in [1.54, 1.807) is 13.2 Å². The van der Waals surface area contributed by atoms with Crippen molar-refractivity contribution in [1.82, 2.24) is 0 Å². The van der Waals surface area contributed by atoms with Gasteiger partial charge in [0.25, 0.3) is 0 Å². The van der Waals surface area contributed by atoms with Crippen LogP contribution in [0, 0.1) is 0 Å². The van der Waals surface area contributed by atoms with E-state index in [0.717, 1.165) is 12.8 Å². The highest BCUT2D eigenvalue weighted by molar-refractivity contribution is 4.79. The Morgan fingerprint density at radius 2 is 2.36 bits per heavy atom. The fourth-order valence-electron chi connectivity index (χ4n) is 0.717. The van der Waals surface area contributed by atoms with Crippen molar-refractivity contribution >= 4 is 0 Å². The Bertz CT molecular complexity index is 85.3. The highest BCUT2D eigenvalue weighted by Gasteiger charge is 2.01. The molecule has 1 atom stereocenters. The van der Waals surface area contributed by atoms with Crippen molar-refractivity contribution in [3.8, 4) is 0 Å². The number of aliphatic hydroxyl groups excluding tert-OH is 1. The SMILES string of the molecule is C=C[C@@H](CCCO)OCOC. The van der Waals surface area contributed by atoms with Gasteiger partial charge in [0, 0.05) is 13.7 Å². The van der Waals surface area contributed by atoms with Gasteiger partial charge in [-0.25, -0.2) is 0 Å². The summed E-state index contributed by atoms with van der Waals surface area (Å²) in [6.45, 7) is 4.08. The third-order valence-electron chi connectivity index (χ3n) is 1.31. The summed E-state index contributed by atoms with van der Waals surface area (Å²) in [5, 5.41) is 8.51. The Kier molecular flexibility index (Phi) is 7.46. The van der Waals surface area contributed by atoms with Crippen molar-refractivity contribution in [2.45, 2.75) is 18.9 Å². The number of methoxy groups -OCH3 is 1. The van der Waals surface area contributed by atoms with Crippen molar-refractivity contribution in [1.29, 1.82) is 0 Å². The standard InChI is InChI=1S/C8H16O3/c1-3-8(5-4-6-9)11-7-10-2/h3,8-9H,1,4-7H2,2H3/t8-/m0/s1. The van der Waals surface area contributed by atoms with Gasteiger partial charge in [-0.3, -0.25) is 0 Å². The topological polar surface area (TPSA) is 38.7 Å². The number of rotatable bonds is 7. The van der Waals surface area contributed by atoms with Crippen molar-refractivity contribution in [2.75, 3.05) is 20.5 Å². The van der Waals surface area contributed by atoms with E-state index in [0.29, 0.717) is 0 Å². The molecule has 0 aliphatic heterocycles. The highest BCUT2D eigenvalue weighted by atomic mass is 16.7. The van der Waals surface area contributed by atoms with Gasteiger partial charge in [0.15, 0.2) is 0 Å². The van der Waals surface area contributed by atoms with Gasteiger partial charge in [-0.05, 0) is 12.8 Å². The minimum Gasteiger partial charge on any atom is -0.396 e. The molecular formula is C8H16O3. The Labute approximate surface area is 67.6 Å². The summed E-state index contributed by atoms with van der Waals surface area (Å²) < 4.78 is 9.91. The molecule has 0 aliphatic rings. The maximum absolute atomic E-state index is 8.51. The predicted octanol–water partition coefficient (Wildman–Crippen LogP) is 0.934. The molecule has 11 heavy (non-hydrogen) atoms. The van der Waals surface area contributed by atoms with Gasteiger partial charge < -0.3 is 14.6 Å². The quantitative estimate of drug-likeness (QED) is 0.445. The molecule has 0 saturated heterocycles. The number of hydrogen-bond donors (Lipinski definition) is 1. The van der Waals surface area contributed by atoms with Crippen molar-refractivity contribution in [3.05, 3.63) is 12.7 Å².